The normalized spacial score (nSPS) is 13.2. The first kappa shape index (κ1) is 19.7. The molecule has 0 spiro atoms. The number of amides is 3. The van der Waals surface area contributed by atoms with Crippen LogP contribution in [0.1, 0.15) is 34.3 Å². The van der Waals surface area contributed by atoms with Crippen LogP contribution >= 0.6 is 0 Å². The first-order chi connectivity index (χ1) is 14.6. The number of aryl methyl sites for hydroxylation is 2. The highest BCUT2D eigenvalue weighted by atomic mass is 16.2. The molecule has 2 N–H and O–H groups in total. The third kappa shape index (κ3) is 4.35. The molecule has 5 nitrogen and oxygen atoms in total. The number of hydrogen-bond donors (Lipinski definition) is 2. The number of hydrogen-bond acceptors (Lipinski definition) is 2. The van der Waals surface area contributed by atoms with Crippen LogP contribution in [0, 0.1) is 6.92 Å². The van der Waals surface area contributed by atoms with Crippen molar-refractivity contribution in [3.63, 3.8) is 0 Å². The van der Waals surface area contributed by atoms with Gasteiger partial charge in [-0.3, -0.25) is 9.69 Å². The van der Waals surface area contributed by atoms with Crippen LogP contribution in [0.3, 0.4) is 0 Å². The Kier molecular flexibility index (Phi) is 5.80. The maximum atomic E-state index is 12.9. The van der Waals surface area contributed by atoms with Crippen LogP contribution in [0.5, 0.6) is 0 Å². The second-order valence-corrected chi connectivity index (χ2v) is 7.51. The Labute approximate surface area is 176 Å². The Hall–Kier alpha value is -3.60. The molecular formula is C25H25N3O2. The lowest BCUT2D eigenvalue weighted by molar-refractivity contribution is 0.102. The van der Waals surface area contributed by atoms with Crippen molar-refractivity contribution in [2.75, 3.05) is 22.1 Å². The highest BCUT2D eigenvalue weighted by Gasteiger charge is 2.21. The molecule has 3 amide bonds. The van der Waals surface area contributed by atoms with Gasteiger partial charge in [0.2, 0.25) is 0 Å². The molecule has 3 aromatic carbocycles. The quantitative estimate of drug-likeness (QED) is 0.600. The van der Waals surface area contributed by atoms with Gasteiger partial charge in [0.1, 0.15) is 0 Å². The second-order valence-electron chi connectivity index (χ2n) is 7.51. The van der Waals surface area contributed by atoms with Gasteiger partial charge in [-0.05, 0) is 73.7 Å². The topological polar surface area (TPSA) is 61.4 Å². The molecule has 4 rings (SSSR count). The number of urea groups is 1. The van der Waals surface area contributed by atoms with Gasteiger partial charge in [0.05, 0.1) is 0 Å². The highest BCUT2D eigenvalue weighted by Crippen LogP contribution is 2.27. The SMILES string of the molecule is Cc1ccccc1NC(=O)c1ccc(NC(=O)N2CCCCc3ccccc32)cc1. The van der Waals surface area contributed by atoms with Crippen molar-refractivity contribution in [1.29, 1.82) is 0 Å². The molecule has 1 aliphatic heterocycles. The van der Waals surface area contributed by atoms with Crippen molar-refractivity contribution in [1.82, 2.24) is 0 Å². The molecule has 1 aliphatic rings. The summed E-state index contributed by atoms with van der Waals surface area (Å²) in [5.74, 6) is -0.177. The second kappa shape index (κ2) is 8.82. The molecule has 0 atom stereocenters. The fourth-order valence-corrected chi connectivity index (χ4v) is 3.71. The van der Waals surface area contributed by atoms with Gasteiger partial charge in [0.15, 0.2) is 0 Å². The molecule has 0 fully saturated rings. The summed E-state index contributed by atoms with van der Waals surface area (Å²) >= 11 is 0. The smallest absolute Gasteiger partial charge is 0.322 e. The third-order valence-corrected chi connectivity index (χ3v) is 5.40. The van der Waals surface area contributed by atoms with E-state index in [0.717, 1.165) is 36.2 Å². The summed E-state index contributed by atoms with van der Waals surface area (Å²) in [5, 5.41) is 5.88. The largest absolute Gasteiger partial charge is 0.326 e. The molecule has 0 saturated carbocycles. The van der Waals surface area contributed by atoms with Crippen molar-refractivity contribution in [2.45, 2.75) is 26.2 Å². The van der Waals surface area contributed by atoms with Crippen molar-refractivity contribution < 1.29 is 9.59 Å². The van der Waals surface area contributed by atoms with E-state index in [0.29, 0.717) is 17.8 Å². The molecule has 30 heavy (non-hydrogen) atoms. The fourth-order valence-electron chi connectivity index (χ4n) is 3.71. The molecule has 0 saturated heterocycles. The summed E-state index contributed by atoms with van der Waals surface area (Å²) in [6.07, 6.45) is 3.04. The standard InChI is InChI=1S/C25H25N3O2/c1-18-8-2-4-11-22(18)27-24(29)20-13-15-21(16-14-20)26-25(30)28-17-7-6-10-19-9-3-5-12-23(19)28/h2-5,8-9,11-16H,6-7,10,17H2,1H3,(H,26,30)(H,27,29). The molecule has 152 valence electrons. The van der Waals surface area contributed by atoms with E-state index in [-0.39, 0.29) is 11.9 Å². The van der Waals surface area contributed by atoms with Gasteiger partial charge in [-0.2, -0.15) is 0 Å². The van der Waals surface area contributed by atoms with Gasteiger partial charge in [0, 0.05) is 29.2 Å². The first-order valence-electron chi connectivity index (χ1n) is 10.3. The summed E-state index contributed by atoms with van der Waals surface area (Å²) in [5.41, 5.74) is 5.17. The number of nitrogens with one attached hydrogen (secondary N) is 2. The number of carbonyl (C=O) groups is 2. The van der Waals surface area contributed by atoms with E-state index in [9.17, 15) is 9.59 Å². The Morgan fingerprint density at radius 1 is 0.833 bits per heavy atom. The molecule has 0 aromatic heterocycles. The molecular weight excluding hydrogens is 374 g/mol. The molecule has 0 aliphatic carbocycles. The van der Waals surface area contributed by atoms with Crippen LogP contribution in [-0.2, 0) is 6.42 Å². The summed E-state index contributed by atoms with van der Waals surface area (Å²) < 4.78 is 0. The zero-order valence-electron chi connectivity index (χ0n) is 17.0. The predicted molar refractivity (Wildman–Crippen MR) is 121 cm³/mol. The van der Waals surface area contributed by atoms with Crippen LogP contribution in [-0.4, -0.2) is 18.5 Å². The minimum atomic E-state index is -0.177. The van der Waals surface area contributed by atoms with Crippen molar-refractivity contribution in [2.24, 2.45) is 0 Å². The fraction of sp³-hybridized carbons (Fsp3) is 0.200. The van der Waals surface area contributed by atoms with E-state index in [4.69, 9.17) is 0 Å². The molecule has 0 radical (unpaired) electrons. The zero-order valence-corrected chi connectivity index (χ0v) is 17.0. The maximum absolute atomic E-state index is 12.9. The summed E-state index contributed by atoms with van der Waals surface area (Å²) in [6, 6.07) is 22.5. The summed E-state index contributed by atoms with van der Waals surface area (Å²) in [4.78, 5) is 27.2. The Morgan fingerprint density at radius 2 is 1.57 bits per heavy atom. The van der Waals surface area contributed by atoms with Gasteiger partial charge >= 0.3 is 6.03 Å². The van der Waals surface area contributed by atoms with Crippen LogP contribution < -0.4 is 15.5 Å². The van der Waals surface area contributed by atoms with Gasteiger partial charge < -0.3 is 10.6 Å². The van der Waals surface area contributed by atoms with E-state index in [1.165, 1.54) is 5.56 Å². The zero-order chi connectivity index (χ0) is 20.9. The lowest BCUT2D eigenvalue weighted by Gasteiger charge is -2.23. The average molecular weight is 399 g/mol. The molecule has 1 heterocycles. The van der Waals surface area contributed by atoms with Gasteiger partial charge in [0.25, 0.3) is 5.91 Å². The number of para-hydroxylation sites is 2. The van der Waals surface area contributed by atoms with Gasteiger partial charge in [-0.15, -0.1) is 0 Å². The Balaban J connectivity index is 1.44. The van der Waals surface area contributed by atoms with E-state index in [1.807, 2.05) is 49.4 Å². The Bertz CT molecular complexity index is 1060. The minimum Gasteiger partial charge on any atom is -0.322 e. The minimum absolute atomic E-state index is 0.151. The monoisotopic (exact) mass is 399 g/mol. The van der Waals surface area contributed by atoms with Crippen LogP contribution in [0.2, 0.25) is 0 Å². The number of fused-ring (bicyclic) bond motifs is 1. The van der Waals surface area contributed by atoms with E-state index < -0.39 is 0 Å². The average Bonchev–Trinajstić information content (AvgIpc) is 2.98. The predicted octanol–water partition coefficient (Wildman–Crippen LogP) is 5.62. The summed E-state index contributed by atoms with van der Waals surface area (Å²) in [7, 11) is 0. The number of anilines is 3. The van der Waals surface area contributed by atoms with Crippen molar-refractivity contribution >= 4 is 29.0 Å². The van der Waals surface area contributed by atoms with E-state index >= 15 is 0 Å². The van der Waals surface area contributed by atoms with Crippen LogP contribution in [0.25, 0.3) is 0 Å². The third-order valence-electron chi connectivity index (χ3n) is 5.40. The van der Waals surface area contributed by atoms with E-state index in [2.05, 4.69) is 16.7 Å². The molecule has 5 heteroatoms. The van der Waals surface area contributed by atoms with Crippen molar-refractivity contribution in [3.05, 3.63) is 89.5 Å². The number of rotatable bonds is 3. The van der Waals surface area contributed by atoms with Crippen molar-refractivity contribution in [3.8, 4) is 0 Å². The molecule has 0 unspecified atom stereocenters. The molecule has 0 bridgehead atoms. The first-order valence-corrected chi connectivity index (χ1v) is 10.3. The molecule has 3 aromatic rings. The van der Waals surface area contributed by atoms with Gasteiger partial charge in [-0.1, -0.05) is 36.4 Å². The van der Waals surface area contributed by atoms with Crippen LogP contribution in [0.15, 0.2) is 72.8 Å². The number of nitrogens with zero attached hydrogens (tertiary/aromatic N) is 1. The van der Waals surface area contributed by atoms with E-state index in [1.54, 1.807) is 29.2 Å². The summed E-state index contributed by atoms with van der Waals surface area (Å²) in [6.45, 7) is 2.65. The number of carbonyl (C=O) groups excluding carboxylic acids is 2. The number of benzene rings is 3. The Morgan fingerprint density at radius 3 is 2.37 bits per heavy atom. The maximum Gasteiger partial charge on any atom is 0.326 e. The highest BCUT2D eigenvalue weighted by molar-refractivity contribution is 6.06. The van der Waals surface area contributed by atoms with Crippen LogP contribution in [0.4, 0.5) is 21.9 Å². The lowest BCUT2D eigenvalue weighted by Crippen LogP contribution is -2.35. The van der Waals surface area contributed by atoms with Gasteiger partial charge in [-0.25, -0.2) is 4.79 Å². The lowest BCUT2D eigenvalue weighted by atomic mass is 10.1.